The predicted molar refractivity (Wildman–Crippen MR) is 40.2 cm³/mol. The van der Waals surface area contributed by atoms with E-state index in [9.17, 15) is 9.59 Å². The summed E-state index contributed by atoms with van der Waals surface area (Å²) in [6, 6.07) is 0. The molecule has 0 bridgehead atoms. The lowest BCUT2D eigenvalue weighted by Crippen LogP contribution is -2.41. The van der Waals surface area contributed by atoms with Crippen molar-refractivity contribution in [3.05, 3.63) is 25.3 Å². The van der Waals surface area contributed by atoms with Crippen LogP contribution >= 0.6 is 0 Å². The number of hydrogen-bond acceptors (Lipinski definition) is 4. The molecule has 2 unspecified atom stereocenters. The van der Waals surface area contributed by atoms with Gasteiger partial charge in [0.1, 0.15) is 0 Å². The number of rotatable bonds is 2. The van der Waals surface area contributed by atoms with Gasteiger partial charge in [-0.25, -0.2) is 9.59 Å². The molecule has 0 saturated carbocycles. The standard InChI is InChI=1S/C8H8O4/c1-3-5-7(9)12-8(10)6(4-2)11-5/h3-6H,1-2H2. The highest BCUT2D eigenvalue weighted by molar-refractivity contribution is 5.94. The predicted octanol–water partition coefficient (Wildman–Crippen LogP) is 0.196. The molecule has 1 aliphatic heterocycles. The zero-order valence-electron chi connectivity index (χ0n) is 6.36. The third-order valence-corrected chi connectivity index (χ3v) is 1.39. The fourth-order valence-electron chi connectivity index (χ4n) is 0.788. The van der Waals surface area contributed by atoms with Crippen LogP contribution in [0.4, 0.5) is 0 Å². The zero-order chi connectivity index (χ0) is 9.14. The molecular formula is C8H8O4. The molecule has 4 nitrogen and oxygen atoms in total. The topological polar surface area (TPSA) is 52.6 Å². The number of carbonyl (C=O) groups excluding carboxylic acids is 2. The van der Waals surface area contributed by atoms with Crippen molar-refractivity contribution in [3.8, 4) is 0 Å². The summed E-state index contributed by atoms with van der Waals surface area (Å²) in [5.74, 6) is -1.46. The summed E-state index contributed by atoms with van der Waals surface area (Å²) in [5, 5.41) is 0. The highest BCUT2D eigenvalue weighted by Gasteiger charge is 2.34. The lowest BCUT2D eigenvalue weighted by Gasteiger charge is -2.22. The van der Waals surface area contributed by atoms with Gasteiger partial charge in [0.25, 0.3) is 0 Å². The molecule has 0 spiro atoms. The van der Waals surface area contributed by atoms with Gasteiger partial charge in [-0.05, 0) is 0 Å². The van der Waals surface area contributed by atoms with Gasteiger partial charge >= 0.3 is 11.9 Å². The molecule has 0 amide bonds. The minimum atomic E-state index is -0.870. The molecule has 1 fully saturated rings. The lowest BCUT2D eigenvalue weighted by molar-refractivity contribution is -0.185. The second-order valence-corrected chi connectivity index (χ2v) is 2.19. The number of esters is 2. The van der Waals surface area contributed by atoms with E-state index in [1.807, 2.05) is 0 Å². The zero-order valence-corrected chi connectivity index (χ0v) is 6.36. The fourth-order valence-corrected chi connectivity index (χ4v) is 0.788. The van der Waals surface area contributed by atoms with Crippen molar-refractivity contribution in [1.29, 1.82) is 0 Å². The molecule has 0 aromatic heterocycles. The molecule has 0 N–H and O–H groups in total. The van der Waals surface area contributed by atoms with E-state index >= 15 is 0 Å². The van der Waals surface area contributed by atoms with E-state index in [4.69, 9.17) is 4.74 Å². The van der Waals surface area contributed by atoms with Crippen molar-refractivity contribution in [1.82, 2.24) is 0 Å². The second kappa shape index (κ2) is 3.32. The lowest BCUT2D eigenvalue weighted by atomic mass is 10.2. The second-order valence-electron chi connectivity index (χ2n) is 2.19. The maximum absolute atomic E-state index is 10.8. The minimum absolute atomic E-state index is 0.729. The van der Waals surface area contributed by atoms with E-state index in [-0.39, 0.29) is 0 Å². The van der Waals surface area contributed by atoms with Crippen molar-refractivity contribution in [2.24, 2.45) is 0 Å². The largest absolute Gasteiger partial charge is 0.389 e. The molecule has 64 valence electrons. The first-order valence-corrected chi connectivity index (χ1v) is 3.35. The highest BCUT2D eigenvalue weighted by atomic mass is 16.6. The van der Waals surface area contributed by atoms with E-state index in [0.717, 1.165) is 0 Å². The van der Waals surface area contributed by atoms with E-state index in [0.29, 0.717) is 0 Å². The Morgan fingerprint density at radius 1 is 1.08 bits per heavy atom. The molecule has 12 heavy (non-hydrogen) atoms. The molecule has 0 aromatic rings. The van der Waals surface area contributed by atoms with Gasteiger partial charge in [0, 0.05) is 0 Å². The molecular weight excluding hydrogens is 160 g/mol. The fraction of sp³-hybridized carbons (Fsp3) is 0.250. The van der Waals surface area contributed by atoms with Crippen LogP contribution in [-0.2, 0) is 19.1 Å². The average molecular weight is 168 g/mol. The summed E-state index contributed by atoms with van der Waals surface area (Å²) < 4.78 is 9.30. The van der Waals surface area contributed by atoms with Crippen molar-refractivity contribution in [3.63, 3.8) is 0 Å². The van der Waals surface area contributed by atoms with Gasteiger partial charge in [0.15, 0.2) is 12.2 Å². The van der Waals surface area contributed by atoms with Crippen molar-refractivity contribution in [2.45, 2.75) is 12.2 Å². The van der Waals surface area contributed by atoms with Gasteiger partial charge in [-0.2, -0.15) is 0 Å². The number of ether oxygens (including phenoxy) is 2. The first-order chi connectivity index (χ1) is 5.69. The van der Waals surface area contributed by atoms with Crippen molar-refractivity contribution in [2.75, 3.05) is 0 Å². The van der Waals surface area contributed by atoms with Crippen LogP contribution in [0.3, 0.4) is 0 Å². The Morgan fingerprint density at radius 3 is 1.83 bits per heavy atom. The van der Waals surface area contributed by atoms with E-state index in [2.05, 4.69) is 17.9 Å². The summed E-state index contributed by atoms with van der Waals surface area (Å²) >= 11 is 0. The molecule has 0 aliphatic carbocycles. The quantitative estimate of drug-likeness (QED) is 0.335. The average Bonchev–Trinajstić information content (AvgIpc) is 2.05. The Hall–Kier alpha value is -1.42. The Bertz CT molecular complexity index is 219. The van der Waals surface area contributed by atoms with Crippen LogP contribution in [0.5, 0.6) is 0 Å². The van der Waals surface area contributed by atoms with E-state index < -0.39 is 24.1 Å². The maximum Gasteiger partial charge on any atom is 0.347 e. The van der Waals surface area contributed by atoms with Gasteiger partial charge in [-0.3, -0.25) is 0 Å². The molecule has 0 aromatic carbocycles. The Kier molecular flexibility index (Phi) is 2.40. The molecule has 0 radical (unpaired) electrons. The van der Waals surface area contributed by atoms with Crippen LogP contribution in [-0.4, -0.2) is 24.1 Å². The third-order valence-electron chi connectivity index (χ3n) is 1.39. The normalized spacial score (nSPS) is 29.3. The SMILES string of the molecule is C=CC1OC(C=C)C(=O)OC1=O. The van der Waals surface area contributed by atoms with Gasteiger partial charge in [0.2, 0.25) is 0 Å². The first-order valence-electron chi connectivity index (χ1n) is 3.35. The van der Waals surface area contributed by atoms with Gasteiger partial charge in [-0.1, -0.05) is 25.3 Å². The van der Waals surface area contributed by atoms with Crippen LogP contribution in [0.15, 0.2) is 25.3 Å². The van der Waals surface area contributed by atoms with Crippen LogP contribution < -0.4 is 0 Å². The summed E-state index contributed by atoms with van der Waals surface area (Å²) in [6.45, 7) is 6.71. The Morgan fingerprint density at radius 2 is 1.50 bits per heavy atom. The summed E-state index contributed by atoms with van der Waals surface area (Å²) in [5.41, 5.74) is 0. The summed E-state index contributed by atoms with van der Waals surface area (Å²) in [6.07, 6.45) is 0.799. The minimum Gasteiger partial charge on any atom is -0.389 e. The molecule has 1 rings (SSSR count). The van der Waals surface area contributed by atoms with Gasteiger partial charge in [-0.15, -0.1) is 0 Å². The van der Waals surface area contributed by atoms with Crippen LogP contribution in [0.1, 0.15) is 0 Å². The highest BCUT2D eigenvalue weighted by Crippen LogP contribution is 2.11. The Balaban J connectivity index is 2.75. The van der Waals surface area contributed by atoms with Crippen LogP contribution in [0.25, 0.3) is 0 Å². The summed E-state index contributed by atoms with van der Waals surface area (Å²) in [4.78, 5) is 21.6. The molecule has 1 saturated heterocycles. The monoisotopic (exact) mass is 168 g/mol. The molecule has 1 aliphatic rings. The molecule has 4 heteroatoms. The Labute approximate surface area is 69.5 Å². The van der Waals surface area contributed by atoms with Crippen molar-refractivity contribution >= 4 is 11.9 Å². The van der Waals surface area contributed by atoms with Crippen molar-refractivity contribution < 1.29 is 19.1 Å². The van der Waals surface area contributed by atoms with Crippen LogP contribution in [0, 0.1) is 0 Å². The maximum atomic E-state index is 10.8. The molecule has 1 heterocycles. The smallest absolute Gasteiger partial charge is 0.347 e. The van der Waals surface area contributed by atoms with E-state index in [1.165, 1.54) is 12.2 Å². The van der Waals surface area contributed by atoms with Gasteiger partial charge in [0.05, 0.1) is 0 Å². The van der Waals surface area contributed by atoms with E-state index in [1.54, 1.807) is 0 Å². The summed E-state index contributed by atoms with van der Waals surface area (Å²) in [7, 11) is 0. The van der Waals surface area contributed by atoms with Gasteiger partial charge < -0.3 is 9.47 Å². The first kappa shape index (κ1) is 8.67. The number of cyclic esters (lactones) is 2. The number of hydrogen-bond donors (Lipinski definition) is 0. The third kappa shape index (κ3) is 1.43. The molecule has 2 atom stereocenters. The van der Waals surface area contributed by atoms with Crippen LogP contribution in [0.2, 0.25) is 0 Å². The number of carbonyl (C=O) groups is 2.